The van der Waals surface area contributed by atoms with E-state index in [-0.39, 0.29) is 5.82 Å². The second kappa shape index (κ2) is 8.22. The van der Waals surface area contributed by atoms with Crippen molar-refractivity contribution >= 4 is 0 Å². The van der Waals surface area contributed by atoms with Crippen molar-refractivity contribution in [2.75, 3.05) is 26.9 Å². The predicted octanol–water partition coefficient (Wildman–Crippen LogP) is 3.13. The Bertz CT molecular complexity index is 405. The fourth-order valence-corrected chi connectivity index (χ4v) is 2.61. The van der Waals surface area contributed by atoms with Gasteiger partial charge in [-0.1, -0.05) is 12.8 Å². The topological polar surface area (TPSA) is 30.5 Å². The molecule has 112 valence electrons. The summed E-state index contributed by atoms with van der Waals surface area (Å²) in [5.41, 5.74) is 0.874. The summed E-state index contributed by atoms with van der Waals surface area (Å²) in [7, 11) is 1.67. The largest absolute Gasteiger partial charge is 0.493 e. The van der Waals surface area contributed by atoms with Gasteiger partial charge in [-0.15, -0.1) is 0 Å². The van der Waals surface area contributed by atoms with Crippen LogP contribution in [0.1, 0.15) is 31.2 Å². The summed E-state index contributed by atoms with van der Waals surface area (Å²) >= 11 is 0. The molecule has 0 aromatic heterocycles. The van der Waals surface area contributed by atoms with E-state index in [1.165, 1.54) is 31.7 Å². The quantitative estimate of drug-likeness (QED) is 0.743. The van der Waals surface area contributed by atoms with Crippen molar-refractivity contribution in [2.24, 2.45) is 5.92 Å². The van der Waals surface area contributed by atoms with Crippen LogP contribution in [0, 0.1) is 11.7 Å². The van der Waals surface area contributed by atoms with E-state index in [1.807, 2.05) is 0 Å². The fraction of sp³-hybridized carbons (Fsp3) is 0.625. The second-order valence-electron chi connectivity index (χ2n) is 5.38. The van der Waals surface area contributed by atoms with Gasteiger partial charge in [0.2, 0.25) is 0 Å². The van der Waals surface area contributed by atoms with Crippen molar-refractivity contribution in [3.63, 3.8) is 0 Å². The maximum atomic E-state index is 13.4. The summed E-state index contributed by atoms with van der Waals surface area (Å²) in [5, 5.41) is 3.23. The summed E-state index contributed by atoms with van der Waals surface area (Å²) in [6.45, 7) is 2.74. The average molecular weight is 281 g/mol. The van der Waals surface area contributed by atoms with E-state index in [0.717, 1.165) is 24.5 Å². The predicted molar refractivity (Wildman–Crippen MR) is 77.4 cm³/mol. The molecule has 20 heavy (non-hydrogen) atoms. The zero-order valence-corrected chi connectivity index (χ0v) is 12.2. The van der Waals surface area contributed by atoms with Gasteiger partial charge in [0.1, 0.15) is 11.6 Å². The molecule has 0 radical (unpaired) electrons. The van der Waals surface area contributed by atoms with Gasteiger partial charge in [-0.25, -0.2) is 4.39 Å². The normalized spacial score (nSPS) is 15.7. The molecule has 4 heteroatoms. The summed E-state index contributed by atoms with van der Waals surface area (Å²) in [5.74, 6) is 1.24. The molecule has 0 amide bonds. The Morgan fingerprint density at radius 1 is 1.30 bits per heavy atom. The van der Waals surface area contributed by atoms with Crippen LogP contribution < -0.4 is 10.1 Å². The molecule has 2 rings (SSSR count). The van der Waals surface area contributed by atoms with E-state index in [0.29, 0.717) is 19.1 Å². The molecule has 0 atom stereocenters. The fourth-order valence-electron chi connectivity index (χ4n) is 2.61. The van der Waals surface area contributed by atoms with Gasteiger partial charge < -0.3 is 14.8 Å². The van der Waals surface area contributed by atoms with Gasteiger partial charge in [0, 0.05) is 25.8 Å². The van der Waals surface area contributed by atoms with Gasteiger partial charge in [0.25, 0.3) is 0 Å². The third kappa shape index (κ3) is 4.76. The van der Waals surface area contributed by atoms with E-state index in [1.54, 1.807) is 19.2 Å². The Morgan fingerprint density at radius 3 is 2.85 bits per heavy atom. The maximum Gasteiger partial charge on any atom is 0.123 e. The third-order valence-corrected chi connectivity index (χ3v) is 3.77. The average Bonchev–Trinajstić information content (AvgIpc) is 2.96. The van der Waals surface area contributed by atoms with Crippen LogP contribution in [-0.2, 0) is 11.3 Å². The minimum absolute atomic E-state index is 0.221. The van der Waals surface area contributed by atoms with Crippen molar-refractivity contribution < 1.29 is 13.9 Å². The first-order valence-electron chi connectivity index (χ1n) is 7.40. The van der Waals surface area contributed by atoms with Crippen LogP contribution in [0.2, 0.25) is 0 Å². The van der Waals surface area contributed by atoms with Gasteiger partial charge in [-0.3, -0.25) is 0 Å². The molecule has 1 aliphatic rings. The number of ether oxygens (including phenoxy) is 2. The van der Waals surface area contributed by atoms with Crippen molar-refractivity contribution in [1.29, 1.82) is 0 Å². The lowest BCUT2D eigenvalue weighted by atomic mass is 10.1. The molecular weight excluding hydrogens is 257 g/mol. The highest BCUT2D eigenvalue weighted by Gasteiger charge is 2.16. The Morgan fingerprint density at radius 2 is 2.10 bits per heavy atom. The number of rotatable bonds is 8. The number of hydrogen-bond acceptors (Lipinski definition) is 3. The number of methoxy groups -OCH3 is 1. The summed E-state index contributed by atoms with van der Waals surface area (Å²) < 4.78 is 24.2. The summed E-state index contributed by atoms with van der Waals surface area (Å²) in [4.78, 5) is 0. The summed E-state index contributed by atoms with van der Waals surface area (Å²) in [6, 6.07) is 4.74. The number of benzene rings is 1. The third-order valence-electron chi connectivity index (χ3n) is 3.77. The first-order valence-corrected chi connectivity index (χ1v) is 7.40. The molecule has 1 aromatic rings. The van der Waals surface area contributed by atoms with Crippen LogP contribution in [0.5, 0.6) is 5.75 Å². The second-order valence-corrected chi connectivity index (χ2v) is 5.38. The molecule has 1 aliphatic carbocycles. The molecule has 1 N–H and O–H groups in total. The maximum absolute atomic E-state index is 13.4. The van der Waals surface area contributed by atoms with E-state index in [9.17, 15) is 4.39 Å². The van der Waals surface area contributed by atoms with Crippen molar-refractivity contribution in [1.82, 2.24) is 5.32 Å². The first-order chi connectivity index (χ1) is 9.79. The van der Waals surface area contributed by atoms with Gasteiger partial charge in [-0.05, 0) is 37.0 Å². The van der Waals surface area contributed by atoms with Gasteiger partial charge in [0.05, 0.1) is 13.2 Å². The molecule has 0 aliphatic heterocycles. The Labute approximate surface area is 120 Å². The van der Waals surface area contributed by atoms with Crippen LogP contribution in [-0.4, -0.2) is 26.9 Å². The lowest BCUT2D eigenvalue weighted by molar-refractivity contribution is 0.198. The van der Waals surface area contributed by atoms with Crippen LogP contribution in [0.25, 0.3) is 0 Å². The van der Waals surface area contributed by atoms with E-state index in [2.05, 4.69) is 5.32 Å². The van der Waals surface area contributed by atoms with Crippen LogP contribution in [0.3, 0.4) is 0 Å². The molecular formula is C16H24FNO2. The van der Waals surface area contributed by atoms with Crippen LogP contribution >= 0.6 is 0 Å². The van der Waals surface area contributed by atoms with Crippen molar-refractivity contribution in [3.05, 3.63) is 29.6 Å². The first kappa shape index (κ1) is 15.3. The van der Waals surface area contributed by atoms with Crippen molar-refractivity contribution in [3.8, 4) is 5.75 Å². The Balaban J connectivity index is 1.88. The number of hydrogen-bond donors (Lipinski definition) is 1. The molecule has 1 aromatic carbocycles. The van der Waals surface area contributed by atoms with Crippen LogP contribution in [0.15, 0.2) is 18.2 Å². The standard InChI is InChI=1S/C16H24FNO2/c1-19-9-8-18-11-14-10-15(17)6-7-16(14)20-12-13-4-2-3-5-13/h6-7,10,13,18H,2-5,8-9,11-12H2,1H3. The molecule has 1 saturated carbocycles. The van der Waals surface area contributed by atoms with Gasteiger partial charge in [-0.2, -0.15) is 0 Å². The molecule has 0 spiro atoms. The Hall–Kier alpha value is -1.13. The monoisotopic (exact) mass is 281 g/mol. The van der Waals surface area contributed by atoms with Gasteiger partial charge >= 0.3 is 0 Å². The highest BCUT2D eigenvalue weighted by Crippen LogP contribution is 2.27. The van der Waals surface area contributed by atoms with E-state index < -0.39 is 0 Å². The smallest absolute Gasteiger partial charge is 0.123 e. The van der Waals surface area contributed by atoms with E-state index in [4.69, 9.17) is 9.47 Å². The van der Waals surface area contributed by atoms with Crippen LogP contribution in [0.4, 0.5) is 4.39 Å². The molecule has 3 nitrogen and oxygen atoms in total. The zero-order valence-electron chi connectivity index (χ0n) is 12.2. The minimum Gasteiger partial charge on any atom is -0.493 e. The lowest BCUT2D eigenvalue weighted by Gasteiger charge is -2.15. The lowest BCUT2D eigenvalue weighted by Crippen LogP contribution is -2.19. The van der Waals surface area contributed by atoms with E-state index >= 15 is 0 Å². The molecule has 0 bridgehead atoms. The molecule has 0 unspecified atom stereocenters. The molecule has 0 heterocycles. The number of halogens is 1. The van der Waals surface area contributed by atoms with Crippen molar-refractivity contribution in [2.45, 2.75) is 32.2 Å². The highest BCUT2D eigenvalue weighted by atomic mass is 19.1. The zero-order chi connectivity index (χ0) is 14.2. The molecule has 0 saturated heterocycles. The SMILES string of the molecule is COCCNCc1cc(F)ccc1OCC1CCCC1. The number of nitrogens with one attached hydrogen (secondary N) is 1. The summed E-state index contributed by atoms with van der Waals surface area (Å²) in [6.07, 6.45) is 5.12. The minimum atomic E-state index is -0.221. The van der Waals surface area contributed by atoms with Gasteiger partial charge in [0.15, 0.2) is 0 Å². The highest BCUT2D eigenvalue weighted by molar-refractivity contribution is 5.34. The Kier molecular flexibility index (Phi) is 6.27. The molecule has 1 fully saturated rings.